The third-order valence-corrected chi connectivity index (χ3v) is 13.8. The minimum absolute atomic E-state index is 1.08. The van der Waals surface area contributed by atoms with Crippen LogP contribution in [0.4, 0.5) is 17.1 Å². The van der Waals surface area contributed by atoms with Crippen LogP contribution >= 0.6 is 0 Å². The molecule has 2 nitrogen and oxygen atoms in total. The average molecular weight is 865 g/mol. The number of aromatic nitrogens is 1. The van der Waals surface area contributed by atoms with E-state index in [1.54, 1.807) is 0 Å². The fourth-order valence-corrected chi connectivity index (χ4v) is 10.4. The highest BCUT2D eigenvalue weighted by Gasteiger charge is 2.20. The summed E-state index contributed by atoms with van der Waals surface area (Å²) in [5.41, 5.74) is 16.3. The zero-order valence-electron chi connectivity index (χ0n) is 37.3. The molecule has 13 aromatic rings. The molecular formula is C66H44N2. The Labute approximate surface area is 395 Å². The molecule has 1 aromatic heterocycles. The Hall–Kier alpha value is -8.98. The molecule has 0 fully saturated rings. The molecule has 0 unspecified atom stereocenters. The monoisotopic (exact) mass is 864 g/mol. The van der Waals surface area contributed by atoms with Gasteiger partial charge in [-0.25, -0.2) is 0 Å². The average Bonchev–Trinajstić information content (AvgIpc) is 3.75. The maximum absolute atomic E-state index is 2.42. The Morgan fingerprint density at radius 2 is 0.779 bits per heavy atom. The number of hydrogen-bond donors (Lipinski definition) is 0. The molecule has 0 bridgehead atoms. The molecular weight excluding hydrogens is 821 g/mol. The summed E-state index contributed by atoms with van der Waals surface area (Å²) < 4.78 is 2.38. The van der Waals surface area contributed by atoms with Crippen LogP contribution in [0, 0.1) is 0 Å². The molecule has 2 heteroatoms. The lowest BCUT2D eigenvalue weighted by Crippen LogP contribution is -2.11. The number of rotatable bonds is 8. The Bertz CT molecular complexity index is 4000. The van der Waals surface area contributed by atoms with Gasteiger partial charge in [0.05, 0.1) is 16.7 Å². The van der Waals surface area contributed by atoms with E-state index in [2.05, 4.69) is 276 Å². The first-order chi connectivity index (χ1) is 33.7. The number of nitrogens with zero attached hydrogens (tertiary/aromatic N) is 2. The molecule has 1 heterocycles. The number of para-hydroxylation sites is 3. The lowest BCUT2D eigenvalue weighted by Gasteiger charge is -2.28. The van der Waals surface area contributed by atoms with E-state index in [1.165, 1.54) is 87.5 Å². The minimum atomic E-state index is 1.08. The molecule has 0 aliphatic carbocycles. The second-order valence-corrected chi connectivity index (χ2v) is 17.7. The van der Waals surface area contributed by atoms with Crippen LogP contribution in [-0.2, 0) is 0 Å². The van der Waals surface area contributed by atoms with Gasteiger partial charge in [-0.05, 0) is 138 Å². The van der Waals surface area contributed by atoms with Crippen molar-refractivity contribution in [2.24, 2.45) is 0 Å². The smallest absolute Gasteiger partial charge is 0.0541 e. The molecule has 0 N–H and O–H groups in total. The topological polar surface area (TPSA) is 8.17 Å². The van der Waals surface area contributed by atoms with Crippen LogP contribution in [0.1, 0.15) is 0 Å². The van der Waals surface area contributed by atoms with Gasteiger partial charge in [-0.15, -0.1) is 0 Å². The van der Waals surface area contributed by atoms with Crippen molar-refractivity contribution >= 4 is 71.2 Å². The first kappa shape index (κ1) is 39.4. The second kappa shape index (κ2) is 16.5. The van der Waals surface area contributed by atoms with Crippen LogP contribution in [0.2, 0.25) is 0 Å². The number of fused-ring (bicyclic) bond motifs is 7. The maximum Gasteiger partial charge on any atom is 0.0541 e. The quantitative estimate of drug-likeness (QED) is 0.138. The molecule has 13 rings (SSSR count). The van der Waals surface area contributed by atoms with Crippen molar-refractivity contribution in [3.8, 4) is 50.2 Å². The molecule has 0 saturated heterocycles. The van der Waals surface area contributed by atoms with Crippen molar-refractivity contribution in [1.29, 1.82) is 0 Å². The van der Waals surface area contributed by atoms with E-state index in [-0.39, 0.29) is 0 Å². The zero-order chi connectivity index (χ0) is 45.0. The van der Waals surface area contributed by atoms with Crippen molar-refractivity contribution in [2.45, 2.75) is 0 Å². The van der Waals surface area contributed by atoms with E-state index in [0.29, 0.717) is 0 Å². The van der Waals surface area contributed by atoms with E-state index in [9.17, 15) is 0 Å². The summed E-state index contributed by atoms with van der Waals surface area (Å²) in [5, 5.41) is 10.0. The van der Waals surface area contributed by atoms with Gasteiger partial charge in [0.15, 0.2) is 0 Å². The number of hydrogen-bond acceptors (Lipinski definition) is 1. The zero-order valence-corrected chi connectivity index (χ0v) is 37.3. The van der Waals surface area contributed by atoms with Crippen molar-refractivity contribution in [3.05, 3.63) is 267 Å². The predicted molar refractivity (Wildman–Crippen MR) is 290 cm³/mol. The highest BCUT2D eigenvalue weighted by atomic mass is 15.1. The molecule has 12 aromatic carbocycles. The molecule has 0 aliphatic heterocycles. The van der Waals surface area contributed by atoms with Crippen LogP contribution in [0.25, 0.3) is 104 Å². The molecule has 0 spiro atoms. The van der Waals surface area contributed by atoms with E-state index in [0.717, 1.165) is 33.9 Å². The van der Waals surface area contributed by atoms with Gasteiger partial charge in [-0.2, -0.15) is 0 Å². The van der Waals surface area contributed by atoms with Gasteiger partial charge in [-0.3, -0.25) is 0 Å². The predicted octanol–water partition coefficient (Wildman–Crippen LogP) is 18.4. The first-order valence-corrected chi connectivity index (χ1v) is 23.4. The van der Waals surface area contributed by atoms with E-state index >= 15 is 0 Å². The lowest BCUT2D eigenvalue weighted by molar-refractivity contribution is 1.18. The summed E-state index contributed by atoms with van der Waals surface area (Å²) in [7, 11) is 0. The minimum Gasteiger partial charge on any atom is -0.310 e. The van der Waals surface area contributed by atoms with Gasteiger partial charge in [0.25, 0.3) is 0 Å². The van der Waals surface area contributed by atoms with Crippen molar-refractivity contribution in [2.75, 3.05) is 4.90 Å². The van der Waals surface area contributed by atoms with Crippen molar-refractivity contribution in [1.82, 2.24) is 4.57 Å². The molecule has 0 aliphatic rings. The summed E-state index contributed by atoms with van der Waals surface area (Å²) in [6.07, 6.45) is 0. The SMILES string of the molecule is c1ccc(-n2c3ccccc3c3cc(-c4ccccc4N(c4ccc(-c5ccc(-c6ccc7ccccc7c6)cc5)cc4)c4ccc(-c5cccc6c5ccc5ccccc56)cc4)ccc32)cc1. The van der Waals surface area contributed by atoms with Crippen molar-refractivity contribution < 1.29 is 0 Å². The van der Waals surface area contributed by atoms with Crippen LogP contribution in [-0.4, -0.2) is 4.57 Å². The molecule has 318 valence electrons. The highest BCUT2D eigenvalue weighted by molar-refractivity contribution is 6.13. The van der Waals surface area contributed by atoms with E-state index in [4.69, 9.17) is 0 Å². The first-order valence-electron chi connectivity index (χ1n) is 23.4. The second-order valence-electron chi connectivity index (χ2n) is 17.7. The summed E-state index contributed by atoms with van der Waals surface area (Å²) in [6.45, 7) is 0. The fraction of sp³-hybridized carbons (Fsp3) is 0. The van der Waals surface area contributed by atoms with E-state index < -0.39 is 0 Å². The Balaban J connectivity index is 0.916. The maximum atomic E-state index is 2.42. The van der Waals surface area contributed by atoms with Crippen LogP contribution in [0.15, 0.2) is 267 Å². The number of benzene rings is 12. The Kier molecular flexibility index (Phi) is 9.54. The molecule has 0 saturated carbocycles. The van der Waals surface area contributed by atoms with Crippen LogP contribution in [0.3, 0.4) is 0 Å². The molecule has 0 atom stereocenters. The van der Waals surface area contributed by atoms with Gasteiger partial charge >= 0.3 is 0 Å². The van der Waals surface area contributed by atoms with Gasteiger partial charge < -0.3 is 9.47 Å². The van der Waals surface area contributed by atoms with Gasteiger partial charge in [0.1, 0.15) is 0 Å². The largest absolute Gasteiger partial charge is 0.310 e. The summed E-state index contributed by atoms with van der Waals surface area (Å²) in [4.78, 5) is 2.42. The van der Waals surface area contributed by atoms with Gasteiger partial charge in [0.2, 0.25) is 0 Å². The third kappa shape index (κ3) is 6.82. The number of anilines is 3. The lowest BCUT2D eigenvalue weighted by atomic mass is 9.94. The third-order valence-electron chi connectivity index (χ3n) is 13.8. The molecule has 0 radical (unpaired) electrons. The molecule has 0 amide bonds. The summed E-state index contributed by atoms with van der Waals surface area (Å²) >= 11 is 0. The van der Waals surface area contributed by atoms with Crippen molar-refractivity contribution in [3.63, 3.8) is 0 Å². The van der Waals surface area contributed by atoms with Gasteiger partial charge in [0, 0.05) is 33.4 Å². The van der Waals surface area contributed by atoms with Gasteiger partial charge in [-0.1, -0.05) is 200 Å². The summed E-state index contributed by atoms with van der Waals surface area (Å²) in [6, 6.07) is 97.5. The molecule has 68 heavy (non-hydrogen) atoms. The highest BCUT2D eigenvalue weighted by Crippen LogP contribution is 2.44. The Morgan fingerprint density at radius 1 is 0.250 bits per heavy atom. The fourth-order valence-electron chi connectivity index (χ4n) is 10.4. The standard InChI is InChI=1S/C66H44N2/c1-2-16-54(17-3-1)68-65-24-11-9-20-62(65)63-44-53(36-42-66(63)68)59-19-8-10-23-64(59)67(56-39-33-50(34-40-56)58-21-12-22-60-57-18-7-6-14-49(57)35-41-61(58)60)55-37-31-47(32-38-55)46-25-27-48(28-26-46)52-30-29-45-13-4-5-15-51(45)43-52/h1-44H. The van der Waals surface area contributed by atoms with Crippen LogP contribution in [0.5, 0.6) is 0 Å². The summed E-state index contributed by atoms with van der Waals surface area (Å²) in [5.74, 6) is 0. The van der Waals surface area contributed by atoms with E-state index in [1.807, 2.05) is 0 Å². The van der Waals surface area contributed by atoms with Crippen LogP contribution < -0.4 is 4.90 Å². The Morgan fingerprint density at radius 3 is 1.56 bits per heavy atom. The normalized spacial score (nSPS) is 11.5.